The fourth-order valence-electron chi connectivity index (χ4n) is 1.73. The van der Waals surface area contributed by atoms with E-state index in [4.69, 9.17) is 11.6 Å². The van der Waals surface area contributed by atoms with Crippen LogP contribution in [0.3, 0.4) is 0 Å². The van der Waals surface area contributed by atoms with Crippen molar-refractivity contribution in [3.05, 3.63) is 31.6 Å². The molecule has 0 aliphatic heterocycles. The Balaban J connectivity index is 3.42. The van der Waals surface area contributed by atoms with Crippen molar-refractivity contribution in [3.8, 4) is 0 Å². The molecule has 108 valence electrons. The first kappa shape index (κ1) is 16.0. The molecule has 1 aromatic heterocycles. The quantitative estimate of drug-likeness (QED) is 0.857. The highest BCUT2D eigenvalue weighted by atomic mass is 35.5. The van der Waals surface area contributed by atoms with Crippen LogP contribution in [0.1, 0.15) is 39.2 Å². The first-order valence-corrected chi connectivity index (χ1v) is 6.65. The third-order valence-corrected chi connectivity index (χ3v) is 3.81. The van der Waals surface area contributed by atoms with Gasteiger partial charge in [0.25, 0.3) is 5.56 Å². The van der Waals surface area contributed by atoms with Crippen molar-refractivity contribution < 1.29 is 0 Å². The monoisotopic (exact) mass is 287 g/mol. The van der Waals surface area contributed by atoms with Gasteiger partial charge >= 0.3 is 5.69 Å². The highest BCUT2D eigenvalue weighted by Crippen LogP contribution is 2.17. The molecule has 0 aromatic carbocycles. The molecular formula is C13H22ClN3O2. The summed E-state index contributed by atoms with van der Waals surface area (Å²) in [5, 5.41) is 0.143. The van der Waals surface area contributed by atoms with Crippen molar-refractivity contribution >= 4 is 11.6 Å². The van der Waals surface area contributed by atoms with Crippen LogP contribution >= 0.6 is 11.6 Å². The molecule has 0 atom stereocenters. The molecule has 0 amide bonds. The third-order valence-electron chi connectivity index (χ3n) is 3.51. The van der Waals surface area contributed by atoms with Crippen LogP contribution in [0, 0.1) is 0 Å². The maximum absolute atomic E-state index is 12.4. The smallest absolute Gasteiger partial charge is 0.302 e. The summed E-state index contributed by atoms with van der Waals surface area (Å²) < 4.78 is 1.22. The fourth-order valence-corrected chi connectivity index (χ4v) is 2.11. The Labute approximate surface area is 118 Å². The number of H-pyrrole nitrogens is 1. The maximum Gasteiger partial charge on any atom is 0.329 e. The molecule has 0 unspecified atom stereocenters. The van der Waals surface area contributed by atoms with E-state index in [-0.39, 0.29) is 22.2 Å². The van der Waals surface area contributed by atoms with E-state index in [9.17, 15) is 9.59 Å². The predicted octanol–water partition coefficient (Wildman–Crippen LogP) is 1.65. The predicted molar refractivity (Wildman–Crippen MR) is 78.2 cm³/mol. The van der Waals surface area contributed by atoms with Crippen LogP contribution in [-0.2, 0) is 6.54 Å². The Hall–Kier alpha value is -1.07. The van der Waals surface area contributed by atoms with Gasteiger partial charge in [-0.25, -0.2) is 4.79 Å². The van der Waals surface area contributed by atoms with Gasteiger partial charge in [-0.2, -0.15) is 0 Å². The second-order valence-electron chi connectivity index (χ2n) is 5.91. The van der Waals surface area contributed by atoms with Crippen molar-refractivity contribution in [2.45, 2.75) is 45.7 Å². The SMILES string of the molecule is CC(C)c1c(Cl)[nH]c(=O)n(CC(C)(C)N(C)C)c1=O. The zero-order valence-electron chi connectivity index (χ0n) is 12.4. The highest BCUT2D eigenvalue weighted by molar-refractivity contribution is 6.30. The second kappa shape index (κ2) is 5.51. The lowest BCUT2D eigenvalue weighted by molar-refractivity contribution is 0.165. The van der Waals surface area contributed by atoms with Crippen LogP contribution in [0.2, 0.25) is 5.15 Å². The van der Waals surface area contributed by atoms with Gasteiger partial charge < -0.3 is 4.90 Å². The van der Waals surface area contributed by atoms with Crippen molar-refractivity contribution in [2.24, 2.45) is 0 Å². The van der Waals surface area contributed by atoms with E-state index in [1.165, 1.54) is 4.57 Å². The van der Waals surface area contributed by atoms with Crippen LogP contribution in [-0.4, -0.2) is 34.1 Å². The van der Waals surface area contributed by atoms with Crippen LogP contribution in [0.15, 0.2) is 9.59 Å². The van der Waals surface area contributed by atoms with Gasteiger partial charge in [0.15, 0.2) is 0 Å². The normalized spacial score (nSPS) is 12.5. The van der Waals surface area contributed by atoms with Crippen LogP contribution in [0.4, 0.5) is 0 Å². The molecule has 0 fully saturated rings. The minimum Gasteiger partial charge on any atom is -0.302 e. The number of hydrogen-bond acceptors (Lipinski definition) is 3. The number of rotatable bonds is 4. The Morgan fingerprint density at radius 2 is 1.84 bits per heavy atom. The van der Waals surface area contributed by atoms with E-state index in [1.807, 2.05) is 46.7 Å². The molecule has 19 heavy (non-hydrogen) atoms. The lowest BCUT2D eigenvalue weighted by Crippen LogP contribution is -2.49. The number of halogens is 1. The number of aromatic amines is 1. The minimum absolute atomic E-state index is 0.0365. The summed E-state index contributed by atoms with van der Waals surface area (Å²) >= 11 is 5.96. The Kier molecular flexibility index (Phi) is 4.63. The molecule has 1 rings (SSSR count). The maximum atomic E-state index is 12.4. The number of hydrogen-bond donors (Lipinski definition) is 1. The Morgan fingerprint density at radius 1 is 1.32 bits per heavy atom. The molecule has 0 radical (unpaired) electrons. The average molecular weight is 288 g/mol. The summed E-state index contributed by atoms with van der Waals surface area (Å²) in [4.78, 5) is 28.9. The largest absolute Gasteiger partial charge is 0.329 e. The number of nitrogens with zero attached hydrogens (tertiary/aromatic N) is 2. The summed E-state index contributed by atoms with van der Waals surface area (Å²) in [6.07, 6.45) is 0. The summed E-state index contributed by atoms with van der Waals surface area (Å²) in [6, 6.07) is 0. The van der Waals surface area contributed by atoms with Gasteiger partial charge in [-0.15, -0.1) is 0 Å². The summed E-state index contributed by atoms with van der Waals surface area (Å²) in [7, 11) is 3.83. The summed E-state index contributed by atoms with van der Waals surface area (Å²) in [6.45, 7) is 8.01. The molecule has 0 saturated heterocycles. The lowest BCUT2D eigenvalue weighted by atomic mass is 10.0. The van der Waals surface area contributed by atoms with Gasteiger partial charge in [-0.1, -0.05) is 25.4 Å². The first-order chi connectivity index (χ1) is 8.58. The Morgan fingerprint density at radius 3 is 2.26 bits per heavy atom. The van der Waals surface area contributed by atoms with Gasteiger partial charge in [0.05, 0.1) is 5.56 Å². The van der Waals surface area contributed by atoms with E-state index in [2.05, 4.69) is 4.98 Å². The molecule has 0 bridgehead atoms. The van der Waals surface area contributed by atoms with Crippen LogP contribution < -0.4 is 11.2 Å². The van der Waals surface area contributed by atoms with E-state index in [1.54, 1.807) is 0 Å². The van der Waals surface area contributed by atoms with Gasteiger partial charge in [0, 0.05) is 12.1 Å². The standard InChI is InChI=1S/C13H22ClN3O2/c1-8(2)9-10(14)15-12(19)17(11(9)18)7-13(3,4)16(5)6/h8H,7H2,1-6H3,(H,15,19). The fraction of sp³-hybridized carbons (Fsp3) is 0.692. The number of aromatic nitrogens is 2. The molecule has 1 aromatic rings. The van der Waals surface area contributed by atoms with E-state index < -0.39 is 5.69 Å². The van der Waals surface area contributed by atoms with E-state index in [0.29, 0.717) is 12.1 Å². The number of likely N-dealkylation sites (N-methyl/N-ethyl adjacent to an activating group) is 1. The van der Waals surface area contributed by atoms with Crippen molar-refractivity contribution in [2.75, 3.05) is 14.1 Å². The lowest BCUT2D eigenvalue weighted by Gasteiger charge is -2.32. The molecular weight excluding hydrogens is 266 g/mol. The molecule has 1 N–H and O–H groups in total. The summed E-state index contributed by atoms with van der Waals surface area (Å²) in [5.41, 5.74) is -0.623. The summed E-state index contributed by atoms with van der Waals surface area (Å²) in [5.74, 6) is -0.0365. The highest BCUT2D eigenvalue weighted by Gasteiger charge is 2.24. The molecule has 6 heteroatoms. The van der Waals surface area contributed by atoms with Crippen LogP contribution in [0.25, 0.3) is 0 Å². The Bertz CT molecular complexity index is 570. The second-order valence-corrected chi connectivity index (χ2v) is 6.29. The molecule has 0 aliphatic carbocycles. The van der Waals surface area contributed by atoms with E-state index in [0.717, 1.165) is 0 Å². The zero-order valence-corrected chi connectivity index (χ0v) is 13.1. The van der Waals surface area contributed by atoms with Crippen molar-refractivity contribution in [1.82, 2.24) is 14.5 Å². The van der Waals surface area contributed by atoms with E-state index >= 15 is 0 Å². The van der Waals surface area contributed by atoms with Gasteiger partial charge in [0.1, 0.15) is 5.15 Å². The molecule has 0 saturated carbocycles. The molecule has 5 nitrogen and oxygen atoms in total. The molecule has 0 aliphatic rings. The van der Waals surface area contributed by atoms with Crippen LogP contribution in [0.5, 0.6) is 0 Å². The first-order valence-electron chi connectivity index (χ1n) is 6.28. The van der Waals surface area contributed by atoms with Crippen molar-refractivity contribution in [3.63, 3.8) is 0 Å². The topological polar surface area (TPSA) is 58.1 Å². The van der Waals surface area contributed by atoms with Crippen molar-refractivity contribution in [1.29, 1.82) is 0 Å². The average Bonchev–Trinajstić information content (AvgIpc) is 2.23. The molecule has 0 spiro atoms. The van der Waals surface area contributed by atoms with Gasteiger partial charge in [-0.3, -0.25) is 14.3 Å². The molecule has 1 heterocycles. The van der Waals surface area contributed by atoms with Gasteiger partial charge in [-0.05, 0) is 33.9 Å². The zero-order chi connectivity index (χ0) is 15.0. The number of nitrogens with one attached hydrogen (secondary N) is 1. The minimum atomic E-state index is -0.464. The van der Waals surface area contributed by atoms with Gasteiger partial charge in [0.2, 0.25) is 0 Å². The third kappa shape index (κ3) is 3.28.